The molecule has 2 aromatic carbocycles. The number of aromatic nitrogens is 1. The summed E-state index contributed by atoms with van der Waals surface area (Å²) in [5.41, 5.74) is 2.90. The highest BCUT2D eigenvalue weighted by molar-refractivity contribution is 6.30. The van der Waals surface area contributed by atoms with E-state index in [1.807, 2.05) is 19.1 Å². The molecule has 0 saturated carbocycles. The Labute approximate surface area is 150 Å². The second kappa shape index (κ2) is 6.70. The molecule has 3 rings (SSSR count). The lowest BCUT2D eigenvalue weighted by atomic mass is 10.0. The van der Waals surface area contributed by atoms with E-state index in [1.165, 1.54) is 7.05 Å². The van der Waals surface area contributed by atoms with Crippen LogP contribution in [0.3, 0.4) is 0 Å². The Balaban J connectivity index is 2.26. The van der Waals surface area contributed by atoms with Crippen molar-refractivity contribution in [3.63, 3.8) is 0 Å². The van der Waals surface area contributed by atoms with E-state index in [1.54, 1.807) is 41.1 Å². The van der Waals surface area contributed by atoms with Crippen molar-refractivity contribution in [2.75, 3.05) is 7.05 Å². The van der Waals surface area contributed by atoms with Crippen molar-refractivity contribution in [2.45, 2.75) is 13.5 Å². The van der Waals surface area contributed by atoms with Gasteiger partial charge in [0.15, 0.2) is 5.43 Å². The molecule has 0 radical (unpaired) electrons. The number of halogens is 1. The maximum Gasteiger partial charge on any atom is 0.256 e. The third-order valence-electron chi connectivity index (χ3n) is 4.09. The quantitative estimate of drug-likeness (QED) is 0.446. The SMILES string of the molecule is Cc1ccc2c(=O)c(-c3ccc(Cl)cc3)cn(CC(=O)N(C)N)c2c1. The van der Waals surface area contributed by atoms with Crippen LogP contribution in [0.15, 0.2) is 53.5 Å². The van der Waals surface area contributed by atoms with Gasteiger partial charge in [-0.2, -0.15) is 0 Å². The largest absolute Gasteiger partial charge is 0.337 e. The Morgan fingerprint density at radius 2 is 1.88 bits per heavy atom. The van der Waals surface area contributed by atoms with E-state index in [0.29, 0.717) is 21.5 Å². The molecular weight excluding hydrogens is 338 g/mol. The topological polar surface area (TPSA) is 68.3 Å². The molecule has 0 aliphatic rings. The van der Waals surface area contributed by atoms with Crippen LogP contribution >= 0.6 is 11.6 Å². The van der Waals surface area contributed by atoms with Gasteiger partial charge in [0.1, 0.15) is 6.54 Å². The lowest BCUT2D eigenvalue weighted by Crippen LogP contribution is -2.36. The summed E-state index contributed by atoms with van der Waals surface area (Å²) < 4.78 is 1.76. The number of hydrogen-bond donors (Lipinski definition) is 1. The van der Waals surface area contributed by atoms with Crippen molar-refractivity contribution in [1.82, 2.24) is 9.58 Å². The molecule has 6 heteroatoms. The van der Waals surface area contributed by atoms with Crippen molar-refractivity contribution in [3.05, 3.63) is 69.5 Å². The first kappa shape index (κ1) is 17.2. The van der Waals surface area contributed by atoms with Gasteiger partial charge in [0.05, 0.1) is 5.52 Å². The number of benzene rings is 2. The third kappa shape index (κ3) is 3.43. The Bertz CT molecular complexity index is 1010. The smallest absolute Gasteiger partial charge is 0.256 e. The number of fused-ring (bicyclic) bond motifs is 1. The fourth-order valence-electron chi connectivity index (χ4n) is 2.72. The number of carbonyl (C=O) groups excluding carboxylic acids is 1. The lowest BCUT2D eigenvalue weighted by Gasteiger charge is -2.16. The summed E-state index contributed by atoms with van der Waals surface area (Å²) in [6.07, 6.45) is 1.70. The molecule has 5 nitrogen and oxygen atoms in total. The minimum atomic E-state index is -0.256. The average molecular weight is 356 g/mol. The van der Waals surface area contributed by atoms with Crippen LogP contribution < -0.4 is 11.3 Å². The van der Waals surface area contributed by atoms with E-state index < -0.39 is 0 Å². The Morgan fingerprint density at radius 1 is 1.20 bits per heavy atom. The van der Waals surface area contributed by atoms with E-state index in [9.17, 15) is 9.59 Å². The lowest BCUT2D eigenvalue weighted by molar-refractivity contribution is -0.130. The predicted octanol–water partition coefficient (Wildman–Crippen LogP) is 2.96. The van der Waals surface area contributed by atoms with Gasteiger partial charge in [-0.3, -0.25) is 14.6 Å². The summed E-state index contributed by atoms with van der Waals surface area (Å²) in [6, 6.07) is 12.6. The Morgan fingerprint density at radius 3 is 2.52 bits per heavy atom. The van der Waals surface area contributed by atoms with Crippen molar-refractivity contribution in [3.8, 4) is 11.1 Å². The number of amides is 1. The first-order valence-electron chi connectivity index (χ1n) is 7.78. The summed E-state index contributed by atoms with van der Waals surface area (Å²) in [6.45, 7) is 1.99. The van der Waals surface area contributed by atoms with Gasteiger partial charge in [0.2, 0.25) is 0 Å². The molecule has 0 bridgehead atoms. The fourth-order valence-corrected chi connectivity index (χ4v) is 2.85. The minimum absolute atomic E-state index is 0.0494. The third-order valence-corrected chi connectivity index (χ3v) is 4.34. The second-order valence-corrected chi connectivity index (χ2v) is 6.47. The molecule has 1 aromatic heterocycles. The molecule has 3 aromatic rings. The van der Waals surface area contributed by atoms with Gasteiger partial charge < -0.3 is 4.57 Å². The molecule has 0 spiro atoms. The molecule has 25 heavy (non-hydrogen) atoms. The van der Waals surface area contributed by atoms with Crippen LogP contribution in [0.2, 0.25) is 5.02 Å². The number of carbonyl (C=O) groups is 1. The number of nitrogens with two attached hydrogens (primary N) is 1. The monoisotopic (exact) mass is 355 g/mol. The maximum atomic E-state index is 12.9. The van der Waals surface area contributed by atoms with Crippen LogP contribution in [0, 0.1) is 6.92 Å². The van der Waals surface area contributed by atoms with E-state index in [2.05, 4.69) is 0 Å². The van der Waals surface area contributed by atoms with Gasteiger partial charge >= 0.3 is 0 Å². The number of nitrogens with zero attached hydrogens (tertiary/aromatic N) is 2. The summed E-state index contributed by atoms with van der Waals surface area (Å²) in [4.78, 5) is 25.0. The van der Waals surface area contributed by atoms with Crippen molar-refractivity contribution < 1.29 is 4.79 Å². The van der Waals surface area contributed by atoms with E-state index >= 15 is 0 Å². The van der Waals surface area contributed by atoms with Crippen LogP contribution in [-0.4, -0.2) is 22.5 Å². The number of likely N-dealkylation sites (N-methyl/N-ethyl adjacent to an activating group) is 1. The summed E-state index contributed by atoms with van der Waals surface area (Å²) >= 11 is 5.94. The molecule has 0 unspecified atom stereocenters. The van der Waals surface area contributed by atoms with Crippen molar-refractivity contribution >= 4 is 28.4 Å². The highest BCUT2D eigenvalue weighted by Gasteiger charge is 2.14. The highest BCUT2D eigenvalue weighted by atomic mass is 35.5. The van der Waals surface area contributed by atoms with Crippen molar-refractivity contribution in [1.29, 1.82) is 0 Å². The van der Waals surface area contributed by atoms with Crippen LogP contribution in [0.5, 0.6) is 0 Å². The predicted molar refractivity (Wildman–Crippen MR) is 100 cm³/mol. The molecule has 128 valence electrons. The zero-order valence-electron chi connectivity index (χ0n) is 14.0. The van der Waals surface area contributed by atoms with Crippen LogP contribution in [-0.2, 0) is 11.3 Å². The van der Waals surface area contributed by atoms with Gasteiger partial charge in [-0.05, 0) is 42.3 Å². The molecule has 1 heterocycles. The molecule has 1 amide bonds. The minimum Gasteiger partial charge on any atom is -0.337 e. The normalized spacial score (nSPS) is 10.9. The van der Waals surface area contributed by atoms with Gasteiger partial charge in [-0.25, -0.2) is 5.84 Å². The van der Waals surface area contributed by atoms with Crippen LogP contribution in [0.1, 0.15) is 5.56 Å². The Hall–Kier alpha value is -2.63. The van der Waals surface area contributed by atoms with Crippen LogP contribution in [0.25, 0.3) is 22.0 Å². The number of hydrogen-bond acceptors (Lipinski definition) is 3. The number of pyridine rings is 1. The summed E-state index contributed by atoms with van der Waals surface area (Å²) in [5, 5.41) is 2.20. The number of rotatable bonds is 3. The number of aryl methyl sites for hydroxylation is 1. The Kier molecular flexibility index (Phi) is 4.61. The molecule has 0 atom stereocenters. The van der Waals surface area contributed by atoms with Gasteiger partial charge in [-0.15, -0.1) is 0 Å². The van der Waals surface area contributed by atoms with Crippen molar-refractivity contribution in [2.24, 2.45) is 5.84 Å². The standard InChI is InChI=1S/C19H18ClN3O2/c1-12-3-8-15-17(9-12)23(11-18(24)22(2)21)10-16(19(15)25)13-4-6-14(20)7-5-13/h3-10H,11,21H2,1-2H3. The van der Waals surface area contributed by atoms with E-state index in [0.717, 1.165) is 16.1 Å². The van der Waals surface area contributed by atoms with Gasteiger partial charge in [-0.1, -0.05) is 29.8 Å². The van der Waals surface area contributed by atoms with Gasteiger partial charge in [0.25, 0.3) is 5.91 Å². The zero-order valence-corrected chi connectivity index (χ0v) is 14.7. The molecule has 0 fully saturated rings. The van der Waals surface area contributed by atoms with E-state index in [-0.39, 0.29) is 17.9 Å². The molecule has 0 aliphatic carbocycles. The highest BCUT2D eigenvalue weighted by Crippen LogP contribution is 2.22. The maximum absolute atomic E-state index is 12.9. The molecule has 0 saturated heterocycles. The molecular formula is C19H18ClN3O2. The van der Waals surface area contributed by atoms with Crippen LogP contribution in [0.4, 0.5) is 0 Å². The average Bonchev–Trinajstić information content (AvgIpc) is 2.58. The molecule has 2 N–H and O–H groups in total. The second-order valence-electron chi connectivity index (χ2n) is 6.03. The van der Waals surface area contributed by atoms with Gasteiger partial charge in [0, 0.05) is 29.2 Å². The number of hydrazine groups is 1. The summed E-state index contributed by atoms with van der Waals surface area (Å²) in [7, 11) is 1.50. The summed E-state index contributed by atoms with van der Waals surface area (Å²) in [5.74, 6) is 5.29. The molecule has 0 aliphatic heterocycles. The zero-order chi connectivity index (χ0) is 18.1. The first-order chi connectivity index (χ1) is 11.9. The fraction of sp³-hybridized carbons (Fsp3) is 0.158. The first-order valence-corrected chi connectivity index (χ1v) is 8.15. The van der Waals surface area contributed by atoms with E-state index in [4.69, 9.17) is 17.4 Å².